The quantitative estimate of drug-likeness (QED) is 0.444. The van der Waals surface area contributed by atoms with Crippen molar-refractivity contribution >= 4 is 5.97 Å². The van der Waals surface area contributed by atoms with Crippen LogP contribution in [0.3, 0.4) is 0 Å². The lowest BCUT2D eigenvalue weighted by Gasteiger charge is -2.19. The van der Waals surface area contributed by atoms with Gasteiger partial charge in [-0.15, -0.1) is 0 Å². The highest BCUT2D eigenvalue weighted by Crippen LogP contribution is 2.38. The predicted octanol–water partition coefficient (Wildman–Crippen LogP) is 5.00. The van der Waals surface area contributed by atoms with E-state index in [-0.39, 0.29) is 0 Å². The highest BCUT2D eigenvalue weighted by Gasteiger charge is 2.25. The smallest absolute Gasteiger partial charge is 0.303 e. The third-order valence-electron chi connectivity index (χ3n) is 5.17. The summed E-state index contributed by atoms with van der Waals surface area (Å²) in [5.41, 5.74) is 0. The van der Waals surface area contributed by atoms with Crippen molar-refractivity contribution in [2.24, 2.45) is 11.8 Å². The van der Waals surface area contributed by atoms with E-state index < -0.39 is 5.97 Å². The van der Waals surface area contributed by atoms with Gasteiger partial charge in [0.15, 0.2) is 0 Å². The minimum Gasteiger partial charge on any atom is -0.481 e. The molecule has 0 amide bonds. The fourth-order valence-corrected chi connectivity index (χ4v) is 3.83. The number of hydrogen-bond donors (Lipinski definition) is 2. The van der Waals surface area contributed by atoms with Gasteiger partial charge in [-0.1, -0.05) is 58.3 Å². The number of hydrogen-bond acceptors (Lipinski definition) is 2. The average Bonchev–Trinajstić information content (AvgIpc) is 2.93. The topological polar surface area (TPSA) is 49.3 Å². The second-order valence-electron chi connectivity index (χ2n) is 7.04. The third-order valence-corrected chi connectivity index (χ3v) is 5.17. The first kappa shape index (κ1) is 19.5. The van der Waals surface area contributed by atoms with Crippen LogP contribution in [-0.2, 0) is 4.79 Å². The van der Waals surface area contributed by atoms with Gasteiger partial charge >= 0.3 is 5.97 Å². The molecular weight excluding hydrogens is 274 g/mol. The fourth-order valence-electron chi connectivity index (χ4n) is 3.83. The van der Waals surface area contributed by atoms with Crippen molar-refractivity contribution in [1.29, 1.82) is 0 Å². The average molecular weight is 312 g/mol. The van der Waals surface area contributed by atoms with Crippen molar-refractivity contribution < 1.29 is 9.90 Å². The highest BCUT2D eigenvalue weighted by molar-refractivity contribution is 5.66. The maximum atomic E-state index is 10.5. The lowest BCUT2D eigenvalue weighted by atomic mass is 9.87. The molecule has 0 aliphatic heterocycles. The second-order valence-corrected chi connectivity index (χ2v) is 7.04. The molecule has 2 atom stereocenters. The fraction of sp³-hybridized carbons (Fsp3) is 0.947. The molecule has 0 bridgehead atoms. The molecule has 1 unspecified atom stereocenters. The molecule has 1 saturated carbocycles. The van der Waals surface area contributed by atoms with E-state index in [0.29, 0.717) is 6.42 Å². The Kier molecular flexibility index (Phi) is 11.4. The monoisotopic (exact) mass is 311 g/mol. The van der Waals surface area contributed by atoms with E-state index in [9.17, 15) is 4.79 Å². The molecule has 0 aromatic carbocycles. The molecule has 130 valence electrons. The number of aliphatic carboxylic acids is 1. The summed E-state index contributed by atoms with van der Waals surface area (Å²) in [6.45, 7) is 4.62. The summed E-state index contributed by atoms with van der Waals surface area (Å²) in [5, 5.41) is 12.2. The Balaban J connectivity index is 1.99. The molecule has 1 rings (SSSR count). The molecular formula is C19H37NO2. The molecule has 3 heteroatoms. The number of carboxylic acids is 1. The molecule has 0 heterocycles. The van der Waals surface area contributed by atoms with E-state index in [1.165, 1.54) is 77.3 Å². The minimum atomic E-state index is -0.650. The number of unbranched alkanes of at least 4 members (excludes halogenated alkanes) is 4. The molecule has 0 spiro atoms. The van der Waals surface area contributed by atoms with Crippen LogP contribution in [-0.4, -0.2) is 24.2 Å². The first-order chi connectivity index (χ1) is 10.7. The van der Waals surface area contributed by atoms with Gasteiger partial charge < -0.3 is 10.4 Å². The molecule has 0 saturated heterocycles. The van der Waals surface area contributed by atoms with Gasteiger partial charge in [0.25, 0.3) is 0 Å². The summed E-state index contributed by atoms with van der Waals surface area (Å²) >= 11 is 0. The summed E-state index contributed by atoms with van der Waals surface area (Å²) in [6.07, 6.45) is 15.8. The summed E-state index contributed by atoms with van der Waals surface area (Å²) in [5.74, 6) is 1.27. The highest BCUT2D eigenvalue weighted by atomic mass is 16.4. The molecule has 0 aromatic rings. The minimum absolute atomic E-state index is 0.344. The third kappa shape index (κ3) is 9.45. The van der Waals surface area contributed by atoms with Crippen LogP contribution >= 0.6 is 0 Å². The van der Waals surface area contributed by atoms with Crippen molar-refractivity contribution in [3.8, 4) is 0 Å². The number of rotatable bonds is 14. The number of carboxylic acid groups (broad SMARTS) is 1. The number of carbonyl (C=O) groups is 1. The van der Waals surface area contributed by atoms with Gasteiger partial charge in [-0.2, -0.15) is 0 Å². The Bertz CT molecular complexity index is 281. The van der Waals surface area contributed by atoms with Crippen molar-refractivity contribution in [3.05, 3.63) is 0 Å². The molecule has 0 radical (unpaired) electrons. The lowest BCUT2D eigenvalue weighted by molar-refractivity contribution is -0.137. The van der Waals surface area contributed by atoms with E-state index in [2.05, 4.69) is 12.2 Å². The first-order valence-electron chi connectivity index (χ1n) is 9.66. The summed E-state index contributed by atoms with van der Waals surface area (Å²) in [4.78, 5) is 10.5. The molecule has 2 N–H and O–H groups in total. The Morgan fingerprint density at radius 3 is 2.27 bits per heavy atom. The zero-order valence-electron chi connectivity index (χ0n) is 14.6. The predicted molar refractivity (Wildman–Crippen MR) is 93.2 cm³/mol. The van der Waals surface area contributed by atoms with E-state index in [4.69, 9.17) is 5.11 Å². The van der Waals surface area contributed by atoms with Crippen LogP contribution in [0, 0.1) is 11.8 Å². The van der Waals surface area contributed by atoms with Crippen LogP contribution in [0.15, 0.2) is 0 Å². The van der Waals surface area contributed by atoms with E-state index in [0.717, 1.165) is 24.7 Å². The molecule has 1 fully saturated rings. The molecule has 0 aromatic heterocycles. The maximum absolute atomic E-state index is 10.5. The van der Waals surface area contributed by atoms with Gasteiger partial charge in [-0.3, -0.25) is 4.79 Å². The van der Waals surface area contributed by atoms with Crippen molar-refractivity contribution in [1.82, 2.24) is 5.32 Å². The zero-order valence-corrected chi connectivity index (χ0v) is 14.6. The van der Waals surface area contributed by atoms with Crippen LogP contribution < -0.4 is 5.32 Å². The van der Waals surface area contributed by atoms with E-state index >= 15 is 0 Å². The first-order valence-corrected chi connectivity index (χ1v) is 9.66. The van der Waals surface area contributed by atoms with E-state index in [1.54, 1.807) is 0 Å². The molecule has 1 aliphatic carbocycles. The SMILES string of the molecule is CCCCNCCCC1CCC[C@@H]1CCCCCCC(=O)O. The number of nitrogens with one attached hydrogen (secondary N) is 1. The van der Waals surface area contributed by atoms with Crippen molar-refractivity contribution in [3.63, 3.8) is 0 Å². The van der Waals surface area contributed by atoms with Gasteiger partial charge in [0.1, 0.15) is 0 Å². The van der Waals surface area contributed by atoms with Crippen LogP contribution in [0.4, 0.5) is 0 Å². The van der Waals surface area contributed by atoms with E-state index in [1.807, 2.05) is 0 Å². The van der Waals surface area contributed by atoms with Crippen LogP contribution in [0.2, 0.25) is 0 Å². The van der Waals surface area contributed by atoms with Crippen LogP contribution in [0.5, 0.6) is 0 Å². The van der Waals surface area contributed by atoms with Crippen molar-refractivity contribution in [2.45, 2.75) is 90.4 Å². The van der Waals surface area contributed by atoms with Crippen molar-refractivity contribution in [2.75, 3.05) is 13.1 Å². The van der Waals surface area contributed by atoms with Gasteiger partial charge in [0.05, 0.1) is 0 Å². The zero-order chi connectivity index (χ0) is 16.0. The van der Waals surface area contributed by atoms with Crippen LogP contribution in [0.1, 0.15) is 90.4 Å². The largest absolute Gasteiger partial charge is 0.481 e. The van der Waals surface area contributed by atoms with Gasteiger partial charge in [0.2, 0.25) is 0 Å². The molecule has 1 aliphatic rings. The molecule has 3 nitrogen and oxygen atoms in total. The normalized spacial score (nSPS) is 21.3. The summed E-state index contributed by atoms with van der Waals surface area (Å²) in [6, 6.07) is 0. The summed E-state index contributed by atoms with van der Waals surface area (Å²) in [7, 11) is 0. The van der Waals surface area contributed by atoms with Gasteiger partial charge in [0, 0.05) is 6.42 Å². The Morgan fingerprint density at radius 2 is 1.59 bits per heavy atom. The Hall–Kier alpha value is -0.570. The standard InChI is InChI=1S/C19H37NO2/c1-2-3-15-20-16-9-13-18-12-8-11-17(18)10-6-4-5-7-14-19(21)22/h17-18,20H,2-16H2,1H3,(H,21,22)/t17-,18?/m0/s1. The lowest BCUT2D eigenvalue weighted by Crippen LogP contribution is -2.18. The Labute approximate surface area is 137 Å². The molecule has 22 heavy (non-hydrogen) atoms. The van der Waals surface area contributed by atoms with Gasteiger partial charge in [-0.05, 0) is 50.6 Å². The summed E-state index contributed by atoms with van der Waals surface area (Å²) < 4.78 is 0. The van der Waals surface area contributed by atoms with Crippen LogP contribution in [0.25, 0.3) is 0 Å². The maximum Gasteiger partial charge on any atom is 0.303 e. The van der Waals surface area contributed by atoms with Gasteiger partial charge in [-0.25, -0.2) is 0 Å². The Morgan fingerprint density at radius 1 is 0.955 bits per heavy atom. The second kappa shape index (κ2) is 12.9.